The SMILES string of the molecule is Br.CCc1sc(N2N=C(c3cccs3)CC2c2ccc(OC)c(OC)c2)nc1-c1ccc(OC(=O)c2ccccc2)cc1. The Morgan fingerprint density at radius 1 is 0.953 bits per heavy atom. The van der Waals surface area contributed by atoms with Crippen LogP contribution in [-0.4, -0.2) is 30.9 Å². The highest BCUT2D eigenvalue weighted by atomic mass is 79.9. The minimum absolute atomic E-state index is 0. The fourth-order valence-corrected chi connectivity index (χ4v) is 6.67. The quantitative estimate of drug-likeness (QED) is 0.115. The summed E-state index contributed by atoms with van der Waals surface area (Å²) in [5.41, 5.74) is 4.48. The third kappa shape index (κ3) is 6.36. The molecular formula is C33H30BrN3O4S2. The Morgan fingerprint density at radius 2 is 1.72 bits per heavy atom. The number of nitrogens with zero attached hydrogens (tertiary/aromatic N) is 3. The number of thiazole rings is 1. The molecule has 220 valence electrons. The smallest absolute Gasteiger partial charge is 0.343 e. The van der Waals surface area contributed by atoms with Crippen LogP contribution in [0.15, 0.2) is 95.4 Å². The minimum Gasteiger partial charge on any atom is -0.493 e. The van der Waals surface area contributed by atoms with E-state index in [0.717, 1.165) is 50.3 Å². The largest absolute Gasteiger partial charge is 0.493 e. The van der Waals surface area contributed by atoms with Gasteiger partial charge in [-0.25, -0.2) is 14.8 Å². The van der Waals surface area contributed by atoms with Gasteiger partial charge in [0.1, 0.15) is 5.75 Å². The van der Waals surface area contributed by atoms with Crippen LogP contribution >= 0.6 is 39.7 Å². The molecule has 1 unspecified atom stereocenters. The van der Waals surface area contributed by atoms with Gasteiger partial charge in [-0.05, 0) is 72.0 Å². The molecule has 0 amide bonds. The first-order chi connectivity index (χ1) is 20.6. The van der Waals surface area contributed by atoms with Gasteiger partial charge in [0, 0.05) is 16.9 Å². The molecule has 0 bridgehead atoms. The summed E-state index contributed by atoms with van der Waals surface area (Å²) in [6, 6.07) is 26.6. The summed E-state index contributed by atoms with van der Waals surface area (Å²) in [4.78, 5) is 19.9. The molecule has 1 aliphatic rings. The third-order valence-electron chi connectivity index (χ3n) is 7.06. The molecule has 0 spiro atoms. The van der Waals surface area contributed by atoms with E-state index in [1.165, 1.54) is 0 Å². The van der Waals surface area contributed by atoms with E-state index in [-0.39, 0.29) is 29.0 Å². The van der Waals surface area contributed by atoms with E-state index in [1.54, 1.807) is 49.0 Å². The zero-order valence-corrected chi connectivity index (χ0v) is 27.2. The summed E-state index contributed by atoms with van der Waals surface area (Å²) >= 11 is 3.34. The number of carbonyl (C=O) groups is 1. The maximum Gasteiger partial charge on any atom is 0.343 e. The van der Waals surface area contributed by atoms with Crippen molar-refractivity contribution in [2.24, 2.45) is 5.10 Å². The summed E-state index contributed by atoms with van der Waals surface area (Å²) in [5, 5.41) is 10.0. The average Bonchev–Trinajstić information content (AvgIpc) is 3.81. The number of methoxy groups -OCH3 is 2. The van der Waals surface area contributed by atoms with Crippen LogP contribution in [0.2, 0.25) is 0 Å². The second-order valence-corrected chi connectivity index (χ2v) is 11.6. The standard InChI is InChI=1S/C33H29N3O4S2.BrH/c1-4-29-31(21-12-15-24(16-13-21)40-32(37)22-9-6-5-7-10-22)34-33(42-29)36-26(20-25(35-36)30-11-8-18-41-30)23-14-17-27(38-2)28(19-23)39-3;/h5-19,26H,4,20H2,1-3H3;1H. The molecule has 0 radical (unpaired) electrons. The van der Waals surface area contributed by atoms with Crippen molar-refractivity contribution < 1.29 is 19.0 Å². The van der Waals surface area contributed by atoms with E-state index in [4.69, 9.17) is 24.3 Å². The van der Waals surface area contributed by atoms with Gasteiger partial charge in [0.25, 0.3) is 0 Å². The number of ether oxygens (including phenoxy) is 3. The number of rotatable bonds is 9. The molecule has 0 saturated carbocycles. The summed E-state index contributed by atoms with van der Waals surface area (Å²) in [6.07, 6.45) is 1.57. The van der Waals surface area contributed by atoms with Crippen molar-refractivity contribution in [3.05, 3.63) is 111 Å². The van der Waals surface area contributed by atoms with Crippen molar-refractivity contribution in [3.8, 4) is 28.5 Å². The van der Waals surface area contributed by atoms with Crippen LogP contribution in [0.4, 0.5) is 5.13 Å². The van der Waals surface area contributed by atoms with E-state index in [2.05, 4.69) is 24.4 Å². The summed E-state index contributed by atoms with van der Waals surface area (Å²) in [7, 11) is 3.29. The molecule has 6 rings (SSSR count). The van der Waals surface area contributed by atoms with Gasteiger partial charge >= 0.3 is 5.97 Å². The van der Waals surface area contributed by atoms with Gasteiger partial charge in [-0.2, -0.15) is 5.10 Å². The van der Waals surface area contributed by atoms with E-state index in [9.17, 15) is 4.79 Å². The second kappa shape index (κ2) is 13.5. The third-order valence-corrected chi connectivity index (χ3v) is 9.17. The van der Waals surface area contributed by atoms with Gasteiger partial charge in [-0.15, -0.1) is 28.3 Å². The molecule has 0 N–H and O–H groups in total. The summed E-state index contributed by atoms with van der Waals surface area (Å²) < 4.78 is 16.7. The topological polar surface area (TPSA) is 73.2 Å². The zero-order valence-electron chi connectivity index (χ0n) is 23.9. The van der Waals surface area contributed by atoms with E-state index >= 15 is 0 Å². The van der Waals surface area contributed by atoms with Crippen molar-refractivity contribution in [1.29, 1.82) is 0 Å². The van der Waals surface area contributed by atoms with Gasteiger partial charge < -0.3 is 14.2 Å². The van der Waals surface area contributed by atoms with E-state index < -0.39 is 0 Å². The Morgan fingerprint density at radius 3 is 2.40 bits per heavy atom. The number of halogens is 1. The van der Waals surface area contributed by atoms with Gasteiger partial charge in [0.15, 0.2) is 11.5 Å². The van der Waals surface area contributed by atoms with Crippen LogP contribution in [0, 0.1) is 0 Å². The molecule has 2 aromatic heterocycles. The molecule has 1 atom stereocenters. The molecular weight excluding hydrogens is 646 g/mol. The number of hydrazone groups is 1. The Balaban J connectivity index is 0.00000368. The monoisotopic (exact) mass is 675 g/mol. The second-order valence-electron chi connectivity index (χ2n) is 9.60. The van der Waals surface area contributed by atoms with Gasteiger partial charge in [0.05, 0.1) is 42.1 Å². The van der Waals surface area contributed by atoms with Crippen molar-refractivity contribution in [2.45, 2.75) is 25.8 Å². The summed E-state index contributed by atoms with van der Waals surface area (Å²) in [5.74, 6) is 1.47. The lowest BCUT2D eigenvalue weighted by Crippen LogP contribution is -2.18. The highest BCUT2D eigenvalue weighted by Crippen LogP contribution is 2.43. The minimum atomic E-state index is -0.386. The average molecular weight is 677 g/mol. The zero-order chi connectivity index (χ0) is 29.1. The van der Waals surface area contributed by atoms with Crippen LogP contribution in [0.25, 0.3) is 11.3 Å². The van der Waals surface area contributed by atoms with Crippen LogP contribution < -0.4 is 19.2 Å². The highest BCUT2D eigenvalue weighted by molar-refractivity contribution is 8.93. The molecule has 0 saturated heterocycles. The lowest BCUT2D eigenvalue weighted by molar-refractivity contribution is 0.0735. The van der Waals surface area contributed by atoms with Crippen molar-refractivity contribution >= 4 is 56.5 Å². The molecule has 1 aliphatic heterocycles. The number of carbonyl (C=O) groups excluding carboxylic acids is 1. The Kier molecular flexibility index (Phi) is 9.59. The highest BCUT2D eigenvalue weighted by Gasteiger charge is 2.33. The first-order valence-corrected chi connectivity index (χ1v) is 15.3. The molecule has 7 nitrogen and oxygen atoms in total. The molecule has 0 fully saturated rings. The molecule has 3 aromatic carbocycles. The number of aryl methyl sites for hydroxylation is 1. The number of anilines is 1. The number of hydrogen-bond acceptors (Lipinski definition) is 9. The fourth-order valence-electron chi connectivity index (χ4n) is 4.92. The van der Waals surface area contributed by atoms with Crippen LogP contribution in [0.3, 0.4) is 0 Å². The van der Waals surface area contributed by atoms with E-state index in [1.807, 2.05) is 65.7 Å². The van der Waals surface area contributed by atoms with Crippen LogP contribution in [-0.2, 0) is 6.42 Å². The Labute approximate surface area is 269 Å². The molecule has 10 heteroatoms. The van der Waals surface area contributed by atoms with Gasteiger partial charge in [-0.3, -0.25) is 0 Å². The van der Waals surface area contributed by atoms with Crippen molar-refractivity contribution in [2.75, 3.05) is 19.2 Å². The Bertz CT molecular complexity index is 1720. The van der Waals surface area contributed by atoms with Crippen LogP contribution in [0.5, 0.6) is 17.2 Å². The Hall–Kier alpha value is -3.99. The lowest BCUT2D eigenvalue weighted by Gasteiger charge is -2.22. The normalized spacial score (nSPS) is 14.2. The maximum atomic E-state index is 12.5. The molecule has 43 heavy (non-hydrogen) atoms. The summed E-state index contributed by atoms with van der Waals surface area (Å²) in [6.45, 7) is 2.13. The first kappa shape index (κ1) is 30.5. The number of thiophene rings is 1. The number of benzene rings is 3. The molecule has 5 aromatic rings. The lowest BCUT2D eigenvalue weighted by atomic mass is 10.0. The van der Waals surface area contributed by atoms with Crippen LogP contribution in [0.1, 0.15) is 45.1 Å². The predicted molar refractivity (Wildman–Crippen MR) is 179 cm³/mol. The van der Waals surface area contributed by atoms with Crippen molar-refractivity contribution in [1.82, 2.24) is 4.98 Å². The van der Waals surface area contributed by atoms with E-state index in [0.29, 0.717) is 22.8 Å². The van der Waals surface area contributed by atoms with Gasteiger partial charge in [0.2, 0.25) is 5.13 Å². The first-order valence-electron chi connectivity index (χ1n) is 13.6. The van der Waals surface area contributed by atoms with Gasteiger partial charge in [-0.1, -0.05) is 48.6 Å². The fraction of sp³-hybridized carbons (Fsp3) is 0.182. The number of hydrogen-bond donors (Lipinski definition) is 0. The van der Waals surface area contributed by atoms with Crippen molar-refractivity contribution in [3.63, 3.8) is 0 Å². The number of aromatic nitrogens is 1. The molecule has 0 aliphatic carbocycles. The predicted octanol–water partition coefficient (Wildman–Crippen LogP) is 8.60. The number of esters is 1. The maximum absolute atomic E-state index is 12.5. The molecule has 3 heterocycles.